The molecule has 0 aliphatic rings. The van der Waals surface area contributed by atoms with Crippen molar-refractivity contribution in [1.29, 1.82) is 0 Å². The smallest absolute Gasteiger partial charge is 0.255 e. The van der Waals surface area contributed by atoms with Gasteiger partial charge in [-0.3, -0.25) is 4.79 Å². The number of rotatable bonds is 13. The van der Waals surface area contributed by atoms with Crippen LogP contribution in [0.5, 0.6) is 11.5 Å². The summed E-state index contributed by atoms with van der Waals surface area (Å²) in [6.07, 6.45) is 6.07. The third kappa shape index (κ3) is 8.46. The lowest BCUT2D eigenvalue weighted by Gasteiger charge is -2.11. The van der Waals surface area contributed by atoms with E-state index in [1.54, 1.807) is 25.3 Å². The molecule has 0 bridgehead atoms. The van der Waals surface area contributed by atoms with Crippen LogP contribution in [0.25, 0.3) is 0 Å². The van der Waals surface area contributed by atoms with E-state index >= 15 is 0 Å². The molecule has 1 N–H and O–H groups in total. The van der Waals surface area contributed by atoms with Crippen molar-refractivity contribution in [3.05, 3.63) is 52.5 Å². The normalized spacial score (nSPS) is 10.6. The quantitative estimate of drug-likeness (QED) is 0.365. The number of nitrogens with one attached hydrogen (secondary N) is 1. The Morgan fingerprint density at radius 3 is 2.38 bits per heavy atom. The van der Waals surface area contributed by atoms with Crippen molar-refractivity contribution in [1.82, 2.24) is 0 Å². The number of amides is 1. The van der Waals surface area contributed by atoms with Gasteiger partial charge in [-0.1, -0.05) is 32.6 Å². The number of methoxy groups -OCH3 is 1. The summed E-state index contributed by atoms with van der Waals surface area (Å²) in [6, 6.07) is 12.7. The highest BCUT2D eigenvalue weighted by atomic mass is 79.9. The van der Waals surface area contributed by atoms with Gasteiger partial charge in [-0.05, 0) is 64.8 Å². The fourth-order valence-corrected chi connectivity index (χ4v) is 3.22. The molecule has 2 aromatic carbocycles. The van der Waals surface area contributed by atoms with Crippen molar-refractivity contribution in [3.63, 3.8) is 0 Å². The fourth-order valence-electron chi connectivity index (χ4n) is 2.73. The Morgan fingerprint density at radius 1 is 0.931 bits per heavy atom. The molecule has 0 saturated carbocycles. The van der Waals surface area contributed by atoms with E-state index in [0.717, 1.165) is 28.9 Å². The first-order chi connectivity index (χ1) is 14.1. The molecule has 0 radical (unpaired) electrons. The summed E-state index contributed by atoms with van der Waals surface area (Å²) in [4.78, 5) is 12.5. The van der Waals surface area contributed by atoms with Crippen LogP contribution in [-0.2, 0) is 4.74 Å². The summed E-state index contributed by atoms with van der Waals surface area (Å²) < 4.78 is 17.0. The highest BCUT2D eigenvalue weighted by Gasteiger charge is 2.10. The lowest BCUT2D eigenvalue weighted by Crippen LogP contribution is -2.12. The second-order valence-electron chi connectivity index (χ2n) is 6.73. The van der Waals surface area contributed by atoms with Crippen LogP contribution in [0.15, 0.2) is 46.9 Å². The van der Waals surface area contributed by atoms with Crippen LogP contribution in [0.3, 0.4) is 0 Å². The number of carbonyl (C=O) groups excluding carboxylic acids is 1. The van der Waals surface area contributed by atoms with Crippen LogP contribution < -0.4 is 14.8 Å². The molecule has 6 heteroatoms. The summed E-state index contributed by atoms with van der Waals surface area (Å²) in [5.41, 5.74) is 1.27. The van der Waals surface area contributed by atoms with Gasteiger partial charge in [0.05, 0.1) is 17.7 Å². The second kappa shape index (κ2) is 13.2. The molecule has 0 aliphatic carbocycles. The summed E-state index contributed by atoms with van der Waals surface area (Å²) in [7, 11) is 1.62. The molecule has 0 fully saturated rings. The molecule has 0 spiro atoms. The number of ether oxygens (including phenoxy) is 3. The first kappa shape index (κ1) is 23.2. The predicted octanol–water partition coefficient (Wildman–Crippen LogP) is 6.08. The maximum atomic E-state index is 12.5. The molecular weight excluding hydrogens is 434 g/mol. The fraction of sp³-hybridized carbons (Fsp3) is 0.435. The zero-order chi connectivity index (χ0) is 20.9. The zero-order valence-corrected chi connectivity index (χ0v) is 18.8. The van der Waals surface area contributed by atoms with Gasteiger partial charge in [-0.25, -0.2) is 0 Å². The first-order valence-electron chi connectivity index (χ1n) is 10.1. The minimum atomic E-state index is -0.182. The van der Waals surface area contributed by atoms with Gasteiger partial charge in [-0.15, -0.1) is 0 Å². The molecule has 1 amide bonds. The van der Waals surface area contributed by atoms with Gasteiger partial charge < -0.3 is 19.5 Å². The molecule has 29 heavy (non-hydrogen) atoms. The second-order valence-corrected chi connectivity index (χ2v) is 7.58. The maximum Gasteiger partial charge on any atom is 0.255 e. The number of hydrogen-bond acceptors (Lipinski definition) is 4. The van der Waals surface area contributed by atoms with Gasteiger partial charge in [0.15, 0.2) is 0 Å². The van der Waals surface area contributed by atoms with Gasteiger partial charge in [-0.2, -0.15) is 0 Å². The average molecular weight is 464 g/mol. The number of halogens is 1. The Labute approximate surface area is 181 Å². The van der Waals surface area contributed by atoms with Crippen molar-refractivity contribution in [2.24, 2.45) is 0 Å². The summed E-state index contributed by atoms with van der Waals surface area (Å²) >= 11 is 3.44. The average Bonchev–Trinajstić information content (AvgIpc) is 2.73. The molecule has 0 atom stereocenters. The minimum absolute atomic E-state index is 0.182. The van der Waals surface area contributed by atoms with E-state index in [2.05, 4.69) is 28.2 Å². The summed E-state index contributed by atoms with van der Waals surface area (Å²) in [6.45, 7) is 3.90. The molecule has 0 saturated heterocycles. The van der Waals surface area contributed by atoms with E-state index in [-0.39, 0.29) is 5.91 Å². The van der Waals surface area contributed by atoms with Crippen LogP contribution in [0.2, 0.25) is 0 Å². The van der Waals surface area contributed by atoms with Crippen LogP contribution in [0.4, 0.5) is 5.69 Å². The van der Waals surface area contributed by atoms with Gasteiger partial charge in [0.25, 0.3) is 5.91 Å². The predicted molar refractivity (Wildman–Crippen MR) is 120 cm³/mol. The molecule has 5 nitrogen and oxygen atoms in total. The van der Waals surface area contributed by atoms with Crippen LogP contribution in [0.1, 0.15) is 49.4 Å². The summed E-state index contributed by atoms with van der Waals surface area (Å²) in [5.74, 6) is 1.31. The zero-order valence-electron chi connectivity index (χ0n) is 17.2. The van der Waals surface area contributed by atoms with E-state index in [1.807, 2.05) is 24.3 Å². The highest BCUT2D eigenvalue weighted by Crippen LogP contribution is 2.26. The number of unbranched alkanes of at least 4 members (excludes halogenated alkanes) is 4. The molecule has 0 aromatic heterocycles. The van der Waals surface area contributed by atoms with Crippen molar-refractivity contribution in [2.45, 2.75) is 39.0 Å². The van der Waals surface area contributed by atoms with Gasteiger partial charge in [0.2, 0.25) is 0 Å². The summed E-state index contributed by atoms with van der Waals surface area (Å²) in [5, 5.41) is 2.90. The Hall–Kier alpha value is -2.05. The molecule has 0 unspecified atom stereocenters. The number of carbonyl (C=O) groups is 1. The van der Waals surface area contributed by atoms with Crippen LogP contribution in [-0.4, -0.2) is 32.8 Å². The Balaban J connectivity index is 1.81. The van der Waals surface area contributed by atoms with Gasteiger partial charge >= 0.3 is 0 Å². The molecule has 0 heterocycles. The molecule has 2 aromatic rings. The number of benzene rings is 2. The van der Waals surface area contributed by atoms with Crippen LogP contribution in [0, 0.1) is 0 Å². The van der Waals surface area contributed by atoms with E-state index in [0.29, 0.717) is 24.5 Å². The highest BCUT2D eigenvalue weighted by molar-refractivity contribution is 9.10. The third-order valence-corrected chi connectivity index (χ3v) is 4.99. The van der Waals surface area contributed by atoms with E-state index in [9.17, 15) is 4.79 Å². The van der Waals surface area contributed by atoms with E-state index in [4.69, 9.17) is 14.2 Å². The Kier molecular flexibility index (Phi) is 10.6. The first-order valence-corrected chi connectivity index (χ1v) is 10.9. The topological polar surface area (TPSA) is 56.8 Å². The van der Waals surface area contributed by atoms with Gasteiger partial charge in [0, 0.05) is 18.4 Å². The maximum absolute atomic E-state index is 12.5. The van der Waals surface area contributed by atoms with Crippen molar-refractivity contribution in [2.75, 3.05) is 32.2 Å². The third-order valence-electron chi connectivity index (χ3n) is 4.37. The van der Waals surface area contributed by atoms with E-state index in [1.165, 1.54) is 25.7 Å². The largest absolute Gasteiger partial charge is 0.494 e. The van der Waals surface area contributed by atoms with Gasteiger partial charge in [0.1, 0.15) is 18.1 Å². The number of anilines is 1. The molecule has 158 valence electrons. The van der Waals surface area contributed by atoms with Crippen molar-refractivity contribution >= 4 is 27.5 Å². The SMILES string of the molecule is CCCCCCCOc1ccc(NC(=O)c2ccc(OCCOC)c(Br)c2)cc1. The minimum Gasteiger partial charge on any atom is -0.494 e. The number of hydrogen-bond donors (Lipinski definition) is 1. The Bertz CT molecular complexity index is 749. The lowest BCUT2D eigenvalue weighted by molar-refractivity contribution is 0.102. The van der Waals surface area contributed by atoms with E-state index < -0.39 is 0 Å². The van der Waals surface area contributed by atoms with Crippen LogP contribution >= 0.6 is 15.9 Å². The lowest BCUT2D eigenvalue weighted by atomic mass is 10.2. The molecule has 0 aliphatic heterocycles. The molecule has 2 rings (SSSR count). The molecular formula is C23H30BrNO4. The standard InChI is InChI=1S/C23H30BrNO4/c1-3-4-5-6-7-14-28-20-11-9-19(10-12-20)25-23(26)18-8-13-22(21(24)17-18)29-16-15-27-2/h8-13,17H,3-7,14-16H2,1-2H3,(H,25,26). The Morgan fingerprint density at radius 2 is 1.69 bits per heavy atom. The van der Waals surface area contributed by atoms with Crippen molar-refractivity contribution in [3.8, 4) is 11.5 Å². The monoisotopic (exact) mass is 463 g/mol. The van der Waals surface area contributed by atoms with Crippen molar-refractivity contribution < 1.29 is 19.0 Å².